The topological polar surface area (TPSA) is 41.0 Å². The van der Waals surface area contributed by atoms with Crippen molar-refractivity contribution in [3.05, 3.63) is 11.9 Å². The highest BCUT2D eigenvalue weighted by atomic mass is 15.2. The van der Waals surface area contributed by atoms with Crippen LogP contribution in [0.3, 0.4) is 0 Å². The second-order valence-corrected chi connectivity index (χ2v) is 5.33. The number of nitrogens with zero attached hydrogens (tertiary/aromatic N) is 3. The van der Waals surface area contributed by atoms with E-state index in [0.717, 1.165) is 30.5 Å². The maximum Gasteiger partial charge on any atom is 0.134 e. The molecule has 4 heteroatoms. The Bertz CT molecular complexity index is 374. The fourth-order valence-corrected chi connectivity index (χ4v) is 1.93. The molecule has 0 fully saturated rings. The van der Waals surface area contributed by atoms with Crippen molar-refractivity contribution >= 4 is 11.6 Å². The number of hydrogen-bond acceptors (Lipinski definition) is 4. The number of anilines is 2. The van der Waals surface area contributed by atoms with Crippen LogP contribution >= 0.6 is 0 Å². The number of aromatic nitrogens is 2. The molecule has 0 aliphatic rings. The summed E-state index contributed by atoms with van der Waals surface area (Å²) < 4.78 is 0. The molecule has 0 amide bonds. The first kappa shape index (κ1) is 14.7. The van der Waals surface area contributed by atoms with Gasteiger partial charge in [0.1, 0.15) is 17.5 Å². The van der Waals surface area contributed by atoms with Crippen LogP contribution in [0.25, 0.3) is 0 Å². The summed E-state index contributed by atoms with van der Waals surface area (Å²) >= 11 is 0. The van der Waals surface area contributed by atoms with E-state index in [2.05, 4.69) is 54.8 Å². The molecule has 0 bridgehead atoms. The minimum atomic E-state index is 0.441. The number of rotatable bonds is 6. The minimum Gasteiger partial charge on any atom is -0.370 e. The molecule has 18 heavy (non-hydrogen) atoms. The van der Waals surface area contributed by atoms with E-state index in [-0.39, 0.29) is 0 Å². The van der Waals surface area contributed by atoms with E-state index in [1.807, 2.05) is 13.0 Å². The van der Waals surface area contributed by atoms with Crippen LogP contribution in [0, 0.1) is 12.8 Å². The molecule has 0 spiro atoms. The predicted molar refractivity (Wildman–Crippen MR) is 78.3 cm³/mol. The Morgan fingerprint density at radius 2 is 1.89 bits per heavy atom. The molecule has 1 aromatic rings. The smallest absolute Gasteiger partial charge is 0.134 e. The van der Waals surface area contributed by atoms with Crippen molar-refractivity contribution in [3.63, 3.8) is 0 Å². The molecule has 1 rings (SSSR count). The van der Waals surface area contributed by atoms with Crippen molar-refractivity contribution in [1.29, 1.82) is 0 Å². The summed E-state index contributed by atoms with van der Waals surface area (Å²) in [5, 5.41) is 3.26. The van der Waals surface area contributed by atoms with Crippen molar-refractivity contribution in [2.24, 2.45) is 5.92 Å². The summed E-state index contributed by atoms with van der Waals surface area (Å²) in [5.74, 6) is 3.36. The van der Waals surface area contributed by atoms with Gasteiger partial charge in [-0.2, -0.15) is 0 Å². The van der Waals surface area contributed by atoms with Crippen LogP contribution in [-0.4, -0.2) is 29.1 Å². The van der Waals surface area contributed by atoms with Crippen LogP contribution in [0.15, 0.2) is 6.07 Å². The summed E-state index contributed by atoms with van der Waals surface area (Å²) in [7, 11) is 0. The fourth-order valence-electron chi connectivity index (χ4n) is 1.93. The second kappa shape index (κ2) is 6.57. The molecule has 0 saturated carbocycles. The molecule has 0 aromatic carbocycles. The van der Waals surface area contributed by atoms with Crippen LogP contribution < -0.4 is 10.2 Å². The first-order chi connectivity index (χ1) is 8.43. The molecular weight excluding hydrogens is 224 g/mol. The molecule has 1 N–H and O–H groups in total. The van der Waals surface area contributed by atoms with E-state index in [0.29, 0.717) is 12.0 Å². The third kappa shape index (κ3) is 4.17. The minimum absolute atomic E-state index is 0.441. The normalized spacial score (nSPS) is 11.1. The summed E-state index contributed by atoms with van der Waals surface area (Å²) in [6.45, 7) is 14.8. The molecule has 1 heterocycles. The Labute approximate surface area is 111 Å². The Morgan fingerprint density at radius 3 is 2.39 bits per heavy atom. The molecule has 0 aliphatic heterocycles. The molecule has 0 atom stereocenters. The predicted octanol–water partition coefficient (Wildman–Crippen LogP) is 3.09. The second-order valence-electron chi connectivity index (χ2n) is 5.33. The van der Waals surface area contributed by atoms with E-state index in [9.17, 15) is 0 Å². The summed E-state index contributed by atoms with van der Waals surface area (Å²) in [6, 6.07) is 2.48. The Morgan fingerprint density at radius 1 is 1.22 bits per heavy atom. The van der Waals surface area contributed by atoms with Gasteiger partial charge in [-0.05, 0) is 33.6 Å². The summed E-state index contributed by atoms with van der Waals surface area (Å²) in [6.07, 6.45) is 0. The van der Waals surface area contributed by atoms with Crippen molar-refractivity contribution in [3.8, 4) is 0 Å². The third-order valence-corrected chi connectivity index (χ3v) is 2.66. The van der Waals surface area contributed by atoms with Gasteiger partial charge in [0.05, 0.1) is 0 Å². The highest BCUT2D eigenvalue weighted by molar-refractivity contribution is 5.49. The zero-order valence-corrected chi connectivity index (χ0v) is 12.5. The van der Waals surface area contributed by atoms with E-state index in [4.69, 9.17) is 0 Å². The zero-order valence-electron chi connectivity index (χ0n) is 12.5. The molecule has 0 unspecified atom stereocenters. The zero-order chi connectivity index (χ0) is 13.7. The lowest BCUT2D eigenvalue weighted by Crippen LogP contribution is -2.35. The maximum atomic E-state index is 4.57. The Hall–Kier alpha value is -1.32. The summed E-state index contributed by atoms with van der Waals surface area (Å²) in [5.41, 5.74) is 0. The monoisotopic (exact) mass is 250 g/mol. The van der Waals surface area contributed by atoms with Crippen molar-refractivity contribution in [2.75, 3.05) is 23.3 Å². The van der Waals surface area contributed by atoms with E-state index < -0.39 is 0 Å². The average Bonchev–Trinajstić information content (AvgIpc) is 2.24. The highest BCUT2D eigenvalue weighted by Gasteiger charge is 2.15. The molecule has 1 aromatic heterocycles. The van der Waals surface area contributed by atoms with E-state index in [1.165, 1.54) is 0 Å². The van der Waals surface area contributed by atoms with Gasteiger partial charge < -0.3 is 10.2 Å². The fraction of sp³-hybridized carbons (Fsp3) is 0.714. The lowest BCUT2D eigenvalue weighted by Gasteiger charge is -2.30. The van der Waals surface area contributed by atoms with Gasteiger partial charge in [-0.15, -0.1) is 0 Å². The number of nitrogens with one attached hydrogen (secondary N) is 1. The van der Waals surface area contributed by atoms with Gasteiger partial charge in [0.15, 0.2) is 0 Å². The SMILES string of the molecule is CCNc1cc(N(CC(C)C)C(C)C)nc(C)n1. The Balaban J connectivity index is 3.03. The average molecular weight is 250 g/mol. The molecule has 0 aliphatic carbocycles. The summed E-state index contributed by atoms with van der Waals surface area (Å²) in [4.78, 5) is 11.3. The molecule has 0 saturated heterocycles. The first-order valence-corrected chi connectivity index (χ1v) is 6.80. The van der Waals surface area contributed by atoms with Crippen LogP contribution in [-0.2, 0) is 0 Å². The van der Waals surface area contributed by atoms with Gasteiger partial charge >= 0.3 is 0 Å². The molecular formula is C14H26N4. The first-order valence-electron chi connectivity index (χ1n) is 6.80. The highest BCUT2D eigenvalue weighted by Crippen LogP contribution is 2.19. The van der Waals surface area contributed by atoms with E-state index >= 15 is 0 Å². The number of hydrogen-bond donors (Lipinski definition) is 1. The third-order valence-electron chi connectivity index (χ3n) is 2.66. The van der Waals surface area contributed by atoms with Crippen LogP contribution in [0.4, 0.5) is 11.6 Å². The van der Waals surface area contributed by atoms with Crippen LogP contribution in [0.2, 0.25) is 0 Å². The van der Waals surface area contributed by atoms with Crippen LogP contribution in [0.1, 0.15) is 40.4 Å². The van der Waals surface area contributed by atoms with Crippen LogP contribution in [0.5, 0.6) is 0 Å². The lowest BCUT2D eigenvalue weighted by atomic mass is 10.2. The molecule has 102 valence electrons. The maximum absolute atomic E-state index is 4.57. The van der Waals surface area contributed by atoms with E-state index in [1.54, 1.807) is 0 Å². The molecule has 4 nitrogen and oxygen atoms in total. The van der Waals surface area contributed by atoms with Gasteiger partial charge in [-0.1, -0.05) is 13.8 Å². The van der Waals surface area contributed by atoms with Crippen molar-refractivity contribution < 1.29 is 0 Å². The lowest BCUT2D eigenvalue weighted by molar-refractivity contribution is 0.565. The van der Waals surface area contributed by atoms with Gasteiger partial charge in [-0.25, -0.2) is 9.97 Å². The number of aryl methyl sites for hydroxylation is 1. The Kier molecular flexibility index (Phi) is 5.38. The standard InChI is InChI=1S/C14H26N4/c1-7-15-13-8-14(17-12(6)16-13)18(11(4)5)9-10(2)3/h8,10-11H,7,9H2,1-6H3,(H,15,16,17). The van der Waals surface area contributed by atoms with Crippen molar-refractivity contribution in [2.45, 2.75) is 47.6 Å². The molecule has 0 radical (unpaired) electrons. The van der Waals surface area contributed by atoms with Gasteiger partial charge in [-0.3, -0.25) is 0 Å². The van der Waals surface area contributed by atoms with Gasteiger partial charge in [0, 0.05) is 25.2 Å². The quantitative estimate of drug-likeness (QED) is 0.842. The van der Waals surface area contributed by atoms with Gasteiger partial charge in [0.2, 0.25) is 0 Å². The van der Waals surface area contributed by atoms with Gasteiger partial charge in [0.25, 0.3) is 0 Å². The largest absolute Gasteiger partial charge is 0.370 e. The van der Waals surface area contributed by atoms with Crippen molar-refractivity contribution in [1.82, 2.24) is 9.97 Å².